The molecule has 2 aromatic heterocycles. The number of carbonyl (C=O) groups is 1. The standard InChI is InChI=1S/C16H22N4O/c1-16(2,3)13-11-20-14(17-13)8-7-12(18-20)15(21)19-9-5-4-6-10-19/h7-8,11H,4-6,9-10H2,1-3H3. The van der Waals surface area contributed by atoms with E-state index in [4.69, 9.17) is 0 Å². The molecule has 1 aliphatic rings. The molecule has 0 spiro atoms. The van der Waals surface area contributed by atoms with Gasteiger partial charge >= 0.3 is 0 Å². The van der Waals surface area contributed by atoms with Crippen molar-refractivity contribution in [1.29, 1.82) is 0 Å². The molecule has 0 atom stereocenters. The molecule has 5 nitrogen and oxygen atoms in total. The lowest BCUT2D eigenvalue weighted by molar-refractivity contribution is 0.0717. The third-order valence-electron chi connectivity index (χ3n) is 3.95. The minimum atomic E-state index is -0.0231. The highest BCUT2D eigenvalue weighted by Gasteiger charge is 2.21. The summed E-state index contributed by atoms with van der Waals surface area (Å²) in [5.41, 5.74) is 2.25. The number of amides is 1. The minimum absolute atomic E-state index is 0.0231. The second-order valence-electron chi connectivity index (χ2n) is 6.75. The first-order valence-electron chi connectivity index (χ1n) is 7.61. The van der Waals surface area contributed by atoms with Crippen LogP contribution < -0.4 is 0 Å². The van der Waals surface area contributed by atoms with Crippen molar-refractivity contribution in [3.63, 3.8) is 0 Å². The fourth-order valence-electron chi connectivity index (χ4n) is 2.62. The van der Waals surface area contributed by atoms with Crippen LogP contribution in [0.2, 0.25) is 0 Å². The molecule has 112 valence electrons. The average molecular weight is 286 g/mol. The fraction of sp³-hybridized carbons (Fsp3) is 0.562. The number of likely N-dealkylation sites (tertiary alicyclic amines) is 1. The maximum absolute atomic E-state index is 12.5. The first-order chi connectivity index (χ1) is 9.95. The van der Waals surface area contributed by atoms with Crippen LogP contribution in [0.4, 0.5) is 0 Å². The third-order valence-corrected chi connectivity index (χ3v) is 3.95. The van der Waals surface area contributed by atoms with Gasteiger partial charge < -0.3 is 4.90 Å². The van der Waals surface area contributed by atoms with Crippen molar-refractivity contribution in [3.8, 4) is 0 Å². The van der Waals surface area contributed by atoms with Crippen molar-refractivity contribution in [1.82, 2.24) is 19.5 Å². The van der Waals surface area contributed by atoms with Crippen molar-refractivity contribution < 1.29 is 4.79 Å². The summed E-state index contributed by atoms with van der Waals surface area (Å²) >= 11 is 0. The van der Waals surface area contributed by atoms with Crippen LogP contribution in [0.25, 0.3) is 5.65 Å². The molecule has 1 fully saturated rings. The van der Waals surface area contributed by atoms with Crippen molar-refractivity contribution in [2.45, 2.75) is 45.4 Å². The minimum Gasteiger partial charge on any atom is -0.337 e. The van der Waals surface area contributed by atoms with Crippen molar-refractivity contribution in [3.05, 3.63) is 29.7 Å². The number of imidazole rings is 1. The highest BCUT2D eigenvalue weighted by Crippen LogP contribution is 2.21. The Morgan fingerprint density at radius 1 is 1.14 bits per heavy atom. The number of carbonyl (C=O) groups excluding carboxylic acids is 1. The fourth-order valence-corrected chi connectivity index (χ4v) is 2.62. The first-order valence-corrected chi connectivity index (χ1v) is 7.61. The van der Waals surface area contributed by atoms with E-state index in [9.17, 15) is 4.79 Å². The topological polar surface area (TPSA) is 50.5 Å². The van der Waals surface area contributed by atoms with Gasteiger partial charge in [0.25, 0.3) is 5.91 Å². The van der Waals surface area contributed by atoms with Crippen LogP contribution in [0.3, 0.4) is 0 Å². The Bertz CT molecular complexity index is 662. The van der Waals surface area contributed by atoms with Crippen LogP contribution in [0, 0.1) is 0 Å². The first kappa shape index (κ1) is 14.0. The summed E-state index contributed by atoms with van der Waals surface area (Å²) in [4.78, 5) is 19.0. The zero-order valence-electron chi connectivity index (χ0n) is 13.0. The second-order valence-corrected chi connectivity index (χ2v) is 6.75. The number of hydrogen-bond acceptors (Lipinski definition) is 3. The van der Waals surface area contributed by atoms with Gasteiger partial charge in [0.2, 0.25) is 0 Å². The van der Waals surface area contributed by atoms with Crippen LogP contribution >= 0.6 is 0 Å². The van der Waals surface area contributed by atoms with E-state index in [2.05, 4.69) is 30.9 Å². The second kappa shape index (κ2) is 5.13. The van der Waals surface area contributed by atoms with Crippen molar-refractivity contribution >= 4 is 11.6 Å². The number of nitrogens with zero attached hydrogens (tertiary/aromatic N) is 4. The molecule has 21 heavy (non-hydrogen) atoms. The summed E-state index contributed by atoms with van der Waals surface area (Å²) in [6.07, 6.45) is 5.31. The van der Waals surface area contributed by atoms with E-state index in [1.807, 2.05) is 17.2 Å². The van der Waals surface area contributed by atoms with Gasteiger partial charge in [0.1, 0.15) is 5.69 Å². The molecular weight excluding hydrogens is 264 g/mol. The average Bonchev–Trinajstić information content (AvgIpc) is 2.90. The zero-order valence-corrected chi connectivity index (χ0v) is 13.0. The van der Waals surface area contributed by atoms with Gasteiger partial charge in [0.05, 0.1) is 11.9 Å². The van der Waals surface area contributed by atoms with Gasteiger partial charge in [-0.25, -0.2) is 9.50 Å². The Balaban J connectivity index is 1.91. The quantitative estimate of drug-likeness (QED) is 0.810. The molecule has 1 saturated heterocycles. The number of hydrogen-bond donors (Lipinski definition) is 0. The van der Waals surface area contributed by atoms with E-state index in [-0.39, 0.29) is 11.3 Å². The highest BCUT2D eigenvalue weighted by atomic mass is 16.2. The van der Waals surface area contributed by atoms with E-state index in [1.165, 1.54) is 6.42 Å². The third kappa shape index (κ3) is 2.77. The van der Waals surface area contributed by atoms with Crippen LogP contribution in [-0.2, 0) is 5.41 Å². The SMILES string of the molecule is CC(C)(C)c1cn2nc(C(=O)N3CCCCC3)ccc2n1. The lowest BCUT2D eigenvalue weighted by Gasteiger charge is -2.26. The Hall–Kier alpha value is -1.91. The monoisotopic (exact) mass is 286 g/mol. The summed E-state index contributed by atoms with van der Waals surface area (Å²) < 4.78 is 1.72. The molecule has 2 aromatic rings. The van der Waals surface area contributed by atoms with Crippen LogP contribution in [0.5, 0.6) is 0 Å². The molecule has 3 rings (SSSR count). The van der Waals surface area contributed by atoms with Crippen molar-refractivity contribution in [2.75, 3.05) is 13.1 Å². The Kier molecular flexibility index (Phi) is 3.43. The molecular formula is C16H22N4O. The van der Waals surface area contributed by atoms with Gasteiger partial charge in [-0.05, 0) is 31.4 Å². The highest BCUT2D eigenvalue weighted by molar-refractivity contribution is 5.92. The number of aromatic nitrogens is 3. The van der Waals surface area contributed by atoms with Gasteiger partial charge in [-0.3, -0.25) is 4.79 Å². The molecule has 0 radical (unpaired) electrons. The van der Waals surface area contributed by atoms with Gasteiger partial charge in [-0.1, -0.05) is 20.8 Å². The van der Waals surface area contributed by atoms with Gasteiger partial charge in [-0.2, -0.15) is 5.10 Å². The van der Waals surface area contributed by atoms with E-state index >= 15 is 0 Å². The lowest BCUT2D eigenvalue weighted by Crippen LogP contribution is -2.36. The summed E-state index contributed by atoms with van der Waals surface area (Å²) in [5.74, 6) is 0.0302. The molecule has 0 saturated carbocycles. The molecule has 0 aliphatic carbocycles. The largest absolute Gasteiger partial charge is 0.337 e. The van der Waals surface area contributed by atoms with Crippen LogP contribution in [0.15, 0.2) is 18.3 Å². The molecule has 0 unspecified atom stereocenters. The van der Waals surface area contributed by atoms with E-state index in [1.54, 1.807) is 10.6 Å². The van der Waals surface area contributed by atoms with Crippen LogP contribution in [-0.4, -0.2) is 38.5 Å². The Morgan fingerprint density at radius 3 is 2.52 bits per heavy atom. The van der Waals surface area contributed by atoms with Gasteiger partial charge in [-0.15, -0.1) is 0 Å². The number of fused-ring (bicyclic) bond motifs is 1. The number of rotatable bonds is 1. The predicted octanol–water partition coefficient (Wildman–Crippen LogP) is 2.65. The summed E-state index contributed by atoms with van der Waals surface area (Å²) in [7, 11) is 0. The lowest BCUT2D eigenvalue weighted by atomic mass is 9.93. The maximum Gasteiger partial charge on any atom is 0.274 e. The normalized spacial score (nSPS) is 16.4. The molecule has 1 aliphatic heterocycles. The zero-order chi connectivity index (χ0) is 15.0. The molecule has 0 N–H and O–H groups in total. The number of piperidine rings is 1. The summed E-state index contributed by atoms with van der Waals surface area (Å²) in [6, 6.07) is 3.66. The Morgan fingerprint density at radius 2 is 1.86 bits per heavy atom. The maximum atomic E-state index is 12.5. The molecule has 3 heterocycles. The van der Waals surface area contributed by atoms with Crippen molar-refractivity contribution in [2.24, 2.45) is 0 Å². The molecule has 1 amide bonds. The summed E-state index contributed by atoms with van der Waals surface area (Å²) in [6.45, 7) is 8.04. The van der Waals surface area contributed by atoms with E-state index in [0.29, 0.717) is 5.69 Å². The van der Waals surface area contributed by atoms with E-state index in [0.717, 1.165) is 37.3 Å². The smallest absolute Gasteiger partial charge is 0.274 e. The molecule has 0 bridgehead atoms. The van der Waals surface area contributed by atoms with Gasteiger partial charge in [0, 0.05) is 18.5 Å². The molecule has 5 heteroatoms. The Labute approximate surface area is 125 Å². The van der Waals surface area contributed by atoms with E-state index < -0.39 is 0 Å². The molecule has 0 aromatic carbocycles. The van der Waals surface area contributed by atoms with Crippen LogP contribution in [0.1, 0.15) is 56.2 Å². The summed E-state index contributed by atoms with van der Waals surface area (Å²) in [5, 5.41) is 4.45. The predicted molar refractivity (Wildman–Crippen MR) is 81.4 cm³/mol. The van der Waals surface area contributed by atoms with Gasteiger partial charge in [0.15, 0.2) is 5.65 Å².